The van der Waals surface area contributed by atoms with Crippen molar-refractivity contribution in [1.82, 2.24) is 9.78 Å². The van der Waals surface area contributed by atoms with E-state index in [4.69, 9.17) is 9.47 Å². The van der Waals surface area contributed by atoms with Gasteiger partial charge in [0.2, 0.25) is 0 Å². The van der Waals surface area contributed by atoms with Crippen LogP contribution in [0.2, 0.25) is 0 Å². The van der Waals surface area contributed by atoms with Gasteiger partial charge >= 0.3 is 11.9 Å². The number of ether oxygens (including phenoxy) is 2. The molecule has 0 unspecified atom stereocenters. The van der Waals surface area contributed by atoms with Crippen LogP contribution in [0.15, 0.2) is 36.5 Å². The Morgan fingerprint density at radius 1 is 1.18 bits per heavy atom. The van der Waals surface area contributed by atoms with Gasteiger partial charge in [0.25, 0.3) is 0 Å². The first kappa shape index (κ1) is 20.1. The fraction of sp³-hybridized carbons (Fsp3) is 0.500. The van der Waals surface area contributed by atoms with Gasteiger partial charge in [-0.25, -0.2) is 4.79 Å². The van der Waals surface area contributed by atoms with E-state index in [0.29, 0.717) is 12.2 Å². The monoisotopic (exact) mass is 384 g/mol. The van der Waals surface area contributed by atoms with E-state index < -0.39 is 0 Å². The molecule has 6 nitrogen and oxygen atoms in total. The molecule has 1 aromatic heterocycles. The quantitative estimate of drug-likeness (QED) is 0.702. The lowest BCUT2D eigenvalue weighted by atomic mass is 9.78. The number of carbonyl (C=O) groups excluding carboxylic acids is 2. The van der Waals surface area contributed by atoms with Gasteiger partial charge in [0, 0.05) is 0 Å². The molecule has 0 N–H and O–H groups in total. The maximum Gasteiger partial charge on any atom is 0.341 e. The van der Waals surface area contributed by atoms with E-state index in [1.165, 1.54) is 0 Å². The normalized spacial score (nSPS) is 21.9. The van der Waals surface area contributed by atoms with E-state index >= 15 is 0 Å². The number of hydrogen-bond donors (Lipinski definition) is 0. The van der Waals surface area contributed by atoms with Crippen molar-refractivity contribution in [3.05, 3.63) is 53.3 Å². The van der Waals surface area contributed by atoms with E-state index in [1.807, 2.05) is 48.9 Å². The summed E-state index contributed by atoms with van der Waals surface area (Å²) in [5.74, 6) is -0.297. The second-order valence-corrected chi connectivity index (χ2v) is 7.45. The Bertz CT molecular complexity index is 815. The molecular formula is C22H28N2O4. The van der Waals surface area contributed by atoms with Gasteiger partial charge in [0.1, 0.15) is 12.2 Å². The standard InChI is InChI=1S/C22H28N2O4/c1-4-27-21(25)19-11-10-18(12-15(19)2)24-16(3)20(13-23-24)22(26)28-14-17-8-6-5-7-9-17/h5-9,13,15,18-19H,4,10-12,14H2,1-3H3/t15-,18+,19+/m1/s1. The minimum Gasteiger partial charge on any atom is -0.466 e. The number of rotatable bonds is 6. The van der Waals surface area contributed by atoms with Crippen molar-refractivity contribution in [2.24, 2.45) is 11.8 Å². The average Bonchev–Trinajstić information content (AvgIpc) is 3.08. The molecule has 0 spiro atoms. The highest BCUT2D eigenvalue weighted by molar-refractivity contribution is 5.90. The van der Waals surface area contributed by atoms with E-state index in [-0.39, 0.29) is 36.4 Å². The van der Waals surface area contributed by atoms with Crippen molar-refractivity contribution in [3.8, 4) is 0 Å². The molecule has 0 radical (unpaired) electrons. The summed E-state index contributed by atoms with van der Waals surface area (Å²) in [5.41, 5.74) is 2.26. The Balaban J connectivity index is 1.63. The summed E-state index contributed by atoms with van der Waals surface area (Å²) in [6.45, 7) is 6.47. The van der Waals surface area contributed by atoms with Crippen molar-refractivity contribution in [2.75, 3.05) is 6.61 Å². The molecule has 1 heterocycles. The molecule has 1 aliphatic carbocycles. The van der Waals surface area contributed by atoms with Crippen LogP contribution in [0, 0.1) is 18.8 Å². The molecule has 0 amide bonds. The number of aromatic nitrogens is 2. The summed E-state index contributed by atoms with van der Waals surface area (Å²) in [6, 6.07) is 9.79. The highest BCUT2D eigenvalue weighted by atomic mass is 16.5. The molecule has 1 saturated carbocycles. The van der Waals surface area contributed by atoms with E-state index in [2.05, 4.69) is 12.0 Å². The number of carbonyl (C=O) groups is 2. The molecule has 0 saturated heterocycles. The first-order valence-corrected chi connectivity index (χ1v) is 9.93. The molecule has 0 aliphatic heterocycles. The van der Waals surface area contributed by atoms with Gasteiger partial charge in [-0.15, -0.1) is 0 Å². The first-order chi connectivity index (χ1) is 13.5. The number of nitrogens with zero attached hydrogens (tertiary/aromatic N) is 2. The maximum absolute atomic E-state index is 12.5. The number of esters is 2. The van der Waals surface area contributed by atoms with Crippen molar-refractivity contribution in [3.63, 3.8) is 0 Å². The maximum atomic E-state index is 12.5. The zero-order valence-electron chi connectivity index (χ0n) is 16.8. The van der Waals surface area contributed by atoms with Crippen LogP contribution in [-0.2, 0) is 20.9 Å². The van der Waals surface area contributed by atoms with E-state index in [9.17, 15) is 9.59 Å². The average molecular weight is 384 g/mol. The molecule has 2 aromatic rings. The molecule has 1 fully saturated rings. The van der Waals surface area contributed by atoms with Gasteiger partial charge in [-0.05, 0) is 44.6 Å². The Kier molecular flexibility index (Phi) is 6.49. The summed E-state index contributed by atoms with van der Waals surface area (Å²) in [7, 11) is 0. The van der Waals surface area contributed by atoms with Crippen LogP contribution >= 0.6 is 0 Å². The largest absolute Gasteiger partial charge is 0.466 e. The lowest BCUT2D eigenvalue weighted by molar-refractivity contribution is -0.151. The second kappa shape index (κ2) is 9.04. The predicted molar refractivity (Wildman–Crippen MR) is 105 cm³/mol. The summed E-state index contributed by atoms with van der Waals surface area (Å²) >= 11 is 0. The fourth-order valence-electron chi connectivity index (χ4n) is 3.98. The topological polar surface area (TPSA) is 70.4 Å². The van der Waals surface area contributed by atoms with Crippen molar-refractivity contribution in [2.45, 2.75) is 52.7 Å². The smallest absolute Gasteiger partial charge is 0.341 e. The Morgan fingerprint density at radius 3 is 2.61 bits per heavy atom. The SMILES string of the molecule is CCOC(=O)[C@H]1CC[C@H](n2ncc(C(=O)OCc3ccccc3)c2C)C[C@H]1C. The Labute approximate surface area is 165 Å². The van der Waals surface area contributed by atoms with Crippen LogP contribution in [0.5, 0.6) is 0 Å². The van der Waals surface area contributed by atoms with Gasteiger partial charge in [0.15, 0.2) is 0 Å². The van der Waals surface area contributed by atoms with Crippen LogP contribution in [0.25, 0.3) is 0 Å². The fourth-order valence-corrected chi connectivity index (χ4v) is 3.98. The highest BCUT2D eigenvalue weighted by Crippen LogP contribution is 2.37. The minimum atomic E-state index is -0.360. The van der Waals surface area contributed by atoms with E-state index in [1.54, 1.807) is 6.20 Å². The third kappa shape index (κ3) is 4.43. The molecule has 28 heavy (non-hydrogen) atoms. The summed E-state index contributed by atoms with van der Waals surface area (Å²) in [4.78, 5) is 24.6. The molecular weight excluding hydrogens is 356 g/mol. The van der Waals surface area contributed by atoms with Gasteiger partial charge in [0.05, 0.1) is 30.5 Å². The third-order valence-corrected chi connectivity index (χ3v) is 5.55. The third-order valence-electron chi connectivity index (χ3n) is 5.55. The molecule has 3 rings (SSSR count). The first-order valence-electron chi connectivity index (χ1n) is 9.93. The molecule has 1 aromatic carbocycles. The van der Waals surface area contributed by atoms with Crippen molar-refractivity contribution >= 4 is 11.9 Å². The number of benzene rings is 1. The van der Waals surface area contributed by atoms with Crippen molar-refractivity contribution < 1.29 is 19.1 Å². The Hall–Kier alpha value is -2.63. The number of hydrogen-bond acceptors (Lipinski definition) is 5. The Morgan fingerprint density at radius 2 is 1.93 bits per heavy atom. The van der Waals surface area contributed by atoms with Crippen LogP contribution in [0.3, 0.4) is 0 Å². The van der Waals surface area contributed by atoms with Gasteiger partial charge in [-0.1, -0.05) is 37.3 Å². The van der Waals surface area contributed by atoms with Crippen molar-refractivity contribution in [1.29, 1.82) is 0 Å². The van der Waals surface area contributed by atoms with Crippen LogP contribution in [0.4, 0.5) is 0 Å². The molecule has 150 valence electrons. The van der Waals surface area contributed by atoms with E-state index in [0.717, 1.165) is 30.5 Å². The van der Waals surface area contributed by atoms with Crippen LogP contribution in [-0.4, -0.2) is 28.3 Å². The van der Waals surface area contributed by atoms with Gasteiger partial charge in [-0.2, -0.15) is 5.10 Å². The predicted octanol–water partition coefficient (Wildman–Crippen LogP) is 4.09. The highest BCUT2D eigenvalue weighted by Gasteiger charge is 2.35. The lowest BCUT2D eigenvalue weighted by Crippen LogP contribution is -2.32. The second-order valence-electron chi connectivity index (χ2n) is 7.45. The zero-order chi connectivity index (χ0) is 20.1. The molecule has 6 heteroatoms. The van der Waals surface area contributed by atoms with Crippen LogP contribution < -0.4 is 0 Å². The summed E-state index contributed by atoms with van der Waals surface area (Å²) < 4.78 is 12.5. The van der Waals surface area contributed by atoms with Crippen LogP contribution in [0.1, 0.15) is 60.8 Å². The molecule has 3 atom stereocenters. The van der Waals surface area contributed by atoms with Gasteiger partial charge in [-0.3, -0.25) is 9.48 Å². The summed E-state index contributed by atoms with van der Waals surface area (Å²) in [5, 5.41) is 4.46. The minimum absolute atomic E-state index is 0.0534. The summed E-state index contributed by atoms with van der Waals surface area (Å²) in [6.07, 6.45) is 4.04. The zero-order valence-corrected chi connectivity index (χ0v) is 16.8. The van der Waals surface area contributed by atoms with Gasteiger partial charge < -0.3 is 9.47 Å². The lowest BCUT2D eigenvalue weighted by Gasteiger charge is -2.33. The molecule has 0 bridgehead atoms. The molecule has 1 aliphatic rings.